The molecular formula is C22H31N3O4S. The lowest BCUT2D eigenvalue weighted by molar-refractivity contribution is -0.133. The molecule has 1 aromatic heterocycles. The fraction of sp³-hybridized carbons (Fsp3) is 0.500. The number of rotatable bonds is 10. The van der Waals surface area contributed by atoms with Crippen LogP contribution in [0.4, 0.5) is 0 Å². The molecule has 1 heterocycles. The van der Waals surface area contributed by atoms with E-state index in [2.05, 4.69) is 0 Å². The maximum absolute atomic E-state index is 13.4. The standard InChI is InChI=1S/C22H31N3O4S/c1-5-17(2)25(30(27,28)21-12-10-20(29-4)11-13-21)16-22(26)24(18-8-9-18)15-19-7-6-14-23(19)3/h6-7,10-14,17-18H,5,8-9,15-16H2,1-4H3. The highest BCUT2D eigenvalue weighted by Crippen LogP contribution is 2.29. The molecule has 1 atom stereocenters. The molecule has 1 saturated carbocycles. The molecule has 1 unspecified atom stereocenters. The Balaban J connectivity index is 1.84. The number of sulfonamides is 1. The van der Waals surface area contributed by atoms with Gasteiger partial charge in [-0.3, -0.25) is 4.79 Å². The van der Waals surface area contributed by atoms with E-state index in [-0.39, 0.29) is 29.4 Å². The molecule has 0 spiro atoms. The second-order valence-electron chi connectivity index (χ2n) is 7.85. The van der Waals surface area contributed by atoms with Crippen LogP contribution in [0, 0.1) is 0 Å². The van der Waals surface area contributed by atoms with Gasteiger partial charge in [-0.1, -0.05) is 6.92 Å². The monoisotopic (exact) mass is 433 g/mol. The molecule has 30 heavy (non-hydrogen) atoms. The summed E-state index contributed by atoms with van der Waals surface area (Å²) in [6.45, 7) is 4.09. The van der Waals surface area contributed by atoms with Crippen LogP contribution >= 0.6 is 0 Å². The number of carbonyl (C=O) groups excluding carboxylic acids is 1. The van der Waals surface area contributed by atoms with Crippen molar-refractivity contribution in [2.24, 2.45) is 7.05 Å². The first kappa shape index (κ1) is 22.4. The van der Waals surface area contributed by atoms with E-state index in [1.54, 1.807) is 12.1 Å². The van der Waals surface area contributed by atoms with E-state index in [4.69, 9.17) is 4.74 Å². The number of nitrogens with zero attached hydrogens (tertiary/aromatic N) is 3. The number of benzene rings is 1. The van der Waals surface area contributed by atoms with E-state index in [1.807, 2.05) is 48.7 Å². The molecule has 1 aliphatic rings. The molecular weight excluding hydrogens is 402 g/mol. The number of aryl methyl sites for hydroxylation is 1. The summed E-state index contributed by atoms with van der Waals surface area (Å²) >= 11 is 0. The maximum Gasteiger partial charge on any atom is 0.243 e. The lowest BCUT2D eigenvalue weighted by Gasteiger charge is -2.30. The van der Waals surface area contributed by atoms with Crippen molar-refractivity contribution in [3.8, 4) is 5.75 Å². The summed E-state index contributed by atoms with van der Waals surface area (Å²) in [4.78, 5) is 15.3. The molecule has 0 aliphatic heterocycles. The number of ether oxygens (including phenoxy) is 1. The first-order valence-electron chi connectivity index (χ1n) is 10.3. The third-order valence-electron chi connectivity index (χ3n) is 5.73. The predicted octanol–water partition coefficient (Wildman–Crippen LogP) is 3.01. The number of hydrogen-bond donors (Lipinski definition) is 0. The van der Waals surface area contributed by atoms with Crippen molar-refractivity contribution in [3.05, 3.63) is 48.3 Å². The van der Waals surface area contributed by atoms with Gasteiger partial charge in [-0.05, 0) is 62.6 Å². The van der Waals surface area contributed by atoms with Gasteiger partial charge in [0, 0.05) is 31.0 Å². The Labute approximate surface area is 179 Å². The topological polar surface area (TPSA) is 71.9 Å². The fourth-order valence-corrected chi connectivity index (χ4v) is 5.09. The highest BCUT2D eigenvalue weighted by molar-refractivity contribution is 7.89. The quantitative estimate of drug-likeness (QED) is 0.577. The molecule has 0 bridgehead atoms. The Kier molecular flexibility index (Phi) is 6.88. The number of aromatic nitrogens is 1. The van der Waals surface area contributed by atoms with Crippen LogP contribution in [0.2, 0.25) is 0 Å². The molecule has 0 N–H and O–H groups in total. The van der Waals surface area contributed by atoms with Crippen molar-refractivity contribution in [1.29, 1.82) is 0 Å². The second kappa shape index (κ2) is 9.22. The molecule has 1 aromatic carbocycles. The van der Waals surface area contributed by atoms with Crippen LogP contribution < -0.4 is 4.74 Å². The summed E-state index contributed by atoms with van der Waals surface area (Å²) in [6.07, 6.45) is 4.49. The molecule has 1 fully saturated rings. The molecule has 2 aromatic rings. The van der Waals surface area contributed by atoms with E-state index < -0.39 is 10.0 Å². The van der Waals surface area contributed by atoms with Crippen molar-refractivity contribution in [2.75, 3.05) is 13.7 Å². The normalized spacial score (nSPS) is 15.2. The van der Waals surface area contributed by atoms with Gasteiger partial charge < -0.3 is 14.2 Å². The minimum Gasteiger partial charge on any atom is -0.497 e. The highest BCUT2D eigenvalue weighted by atomic mass is 32.2. The van der Waals surface area contributed by atoms with Gasteiger partial charge in [-0.2, -0.15) is 4.31 Å². The Hall–Kier alpha value is -2.32. The van der Waals surface area contributed by atoms with Gasteiger partial charge in [-0.25, -0.2) is 8.42 Å². The Morgan fingerprint density at radius 2 is 1.90 bits per heavy atom. The van der Waals surface area contributed by atoms with Gasteiger partial charge in [0.2, 0.25) is 15.9 Å². The zero-order valence-corrected chi connectivity index (χ0v) is 18.9. The van der Waals surface area contributed by atoms with Gasteiger partial charge in [-0.15, -0.1) is 0 Å². The zero-order chi connectivity index (χ0) is 21.9. The van der Waals surface area contributed by atoms with E-state index >= 15 is 0 Å². The first-order chi connectivity index (χ1) is 14.3. The SMILES string of the molecule is CCC(C)N(CC(=O)N(Cc1cccn1C)C1CC1)S(=O)(=O)c1ccc(OC)cc1. The summed E-state index contributed by atoms with van der Waals surface area (Å²) < 4.78 is 35.2. The van der Waals surface area contributed by atoms with Gasteiger partial charge in [0.25, 0.3) is 0 Å². The molecule has 7 nitrogen and oxygen atoms in total. The lowest BCUT2D eigenvalue weighted by Crippen LogP contribution is -2.47. The second-order valence-corrected chi connectivity index (χ2v) is 9.74. The molecule has 8 heteroatoms. The van der Waals surface area contributed by atoms with Crippen LogP contribution in [-0.2, 0) is 28.4 Å². The summed E-state index contributed by atoms with van der Waals surface area (Å²) in [6, 6.07) is 10.1. The van der Waals surface area contributed by atoms with Crippen molar-refractivity contribution in [3.63, 3.8) is 0 Å². The smallest absolute Gasteiger partial charge is 0.243 e. The number of hydrogen-bond acceptors (Lipinski definition) is 4. The van der Waals surface area contributed by atoms with Gasteiger partial charge in [0.05, 0.1) is 25.1 Å². The van der Waals surface area contributed by atoms with E-state index in [0.717, 1.165) is 18.5 Å². The third kappa shape index (κ3) is 4.87. The Morgan fingerprint density at radius 3 is 2.40 bits per heavy atom. The summed E-state index contributed by atoms with van der Waals surface area (Å²) in [5, 5.41) is 0. The molecule has 1 aliphatic carbocycles. The summed E-state index contributed by atoms with van der Waals surface area (Å²) in [5.41, 5.74) is 1.03. The minimum atomic E-state index is -3.82. The van der Waals surface area contributed by atoms with E-state index in [1.165, 1.54) is 23.5 Å². The lowest BCUT2D eigenvalue weighted by atomic mass is 10.2. The average molecular weight is 434 g/mol. The largest absolute Gasteiger partial charge is 0.497 e. The van der Waals surface area contributed by atoms with Crippen molar-refractivity contribution in [1.82, 2.24) is 13.8 Å². The maximum atomic E-state index is 13.4. The number of amides is 1. The van der Waals surface area contributed by atoms with Crippen molar-refractivity contribution >= 4 is 15.9 Å². The molecule has 3 rings (SSSR count). The summed E-state index contributed by atoms with van der Waals surface area (Å²) in [5.74, 6) is 0.429. The number of methoxy groups -OCH3 is 1. The zero-order valence-electron chi connectivity index (χ0n) is 18.1. The average Bonchev–Trinajstić information content (AvgIpc) is 3.51. The van der Waals surface area contributed by atoms with Crippen LogP contribution in [0.1, 0.15) is 38.8 Å². The molecule has 164 valence electrons. The van der Waals surface area contributed by atoms with Crippen LogP contribution in [-0.4, -0.2) is 53.8 Å². The highest BCUT2D eigenvalue weighted by Gasteiger charge is 2.37. The van der Waals surface area contributed by atoms with Crippen molar-refractivity contribution < 1.29 is 17.9 Å². The Bertz CT molecular complexity index is 965. The first-order valence-corrected chi connectivity index (χ1v) is 11.8. The summed E-state index contributed by atoms with van der Waals surface area (Å²) in [7, 11) is -0.333. The van der Waals surface area contributed by atoms with Crippen LogP contribution in [0.5, 0.6) is 5.75 Å². The van der Waals surface area contributed by atoms with Crippen LogP contribution in [0.15, 0.2) is 47.5 Å². The van der Waals surface area contributed by atoms with E-state index in [9.17, 15) is 13.2 Å². The van der Waals surface area contributed by atoms with Gasteiger partial charge >= 0.3 is 0 Å². The fourth-order valence-electron chi connectivity index (χ4n) is 3.43. The minimum absolute atomic E-state index is 0.156. The van der Waals surface area contributed by atoms with Crippen molar-refractivity contribution in [2.45, 2.75) is 56.6 Å². The van der Waals surface area contributed by atoms with Crippen LogP contribution in [0.3, 0.4) is 0 Å². The van der Waals surface area contributed by atoms with E-state index in [0.29, 0.717) is 18.7 Å². The van der Waals surface area contributed by atoms with Gasteiger partial charge in [0.15, 0.2) is 0 Å². The van der Waals surface area contributed by atoms with Gasteiger partial charge in [0.1, 0.15) is 5.75 Å². The van der Waals surface area contributed by atoms with Crippen LogP contribution in [0.25, 0.3) is 0 Å². The number of carbonyl (C=O) groups is 1. The molecule has 1 amide bonds. The molecule has 0 radical (unpaired) electrons. The Morgan fingerprint density at radius 1 is 1.23 bits per heavy atom. The molecule has 0 saturated heterocycles. The third-order valence-corrected chi connectivity index (χ3v) is 7.71. The predicted molar refractivity (Wildman–Crippen MR) is 116 cm³/mol.